The Kier molecular flexibility index (Phi) is 3.71. The van der Waals surface area contributed by atoms with Crippen molar-refractivity contribution in [2.45, 2.75) is 31.9 Å². The van der Waals surface area contributed by atoms with Gasteiger partial charge in [-0.25, -0.2) is 5.43 Å². The van der Waals surface area contributed by atoms with Gasteiger partial charge in [0.15, 0.2) is 0 Å². The molecule has 2 rings (SSSR count). The third-order valence-electron chi connectivity index (χ3n) is 3.24. The lowest BCUT2D eigenvalue weighted by Crippen LogP contribution is -2.35. The molecule has 0 spiro atoms. The zero-order valence-electron chi connectivity index (χ0n) is 11.1. The molecule has 1 unspecified atom stereocenters. The molecule has 4 nitrogen and oxygen atoms in total. The molecule has 4 heteroatoms. The molecule has 1 aromatic heterocycles. The predicted octanol–water partition coefficient (Wildman–Crippen LogP) is 2.75. The minimum atomic E-state index is -0.254. The standard InChI is InChI=1S/C14H20N2O2/c1-14(2,17-3)9-11(16-15)13-8-10-6-4-5-7-12(10)18-13/h4-8,11,16H,9,15H2,1-3H3. The summed E-state index contributed by atoms with van der Waals surface area (Å²) in [6, 6.07) is 9.88. The van der Waals surface area contributed by atoms with Crippen LogP contribution in [0.2, 0.25) is 0 Å². The number of para-hydroxylation sites is 1. The van der Waals surface area contributed by atoms with E-state index in [4.69, 9.17) is 15.0 Å². The Morgan fingerprint density at radius 3 is 2.72 bits per heavy atom. The van der Waals surface area contributed by atoms with Crippen LogP contribution < -0.4 is 11.3 Å². The van der Waals surface area contributed by atoms with Crippen molar-refractivity contribution in [1.82, 2.24) is 5.43 Å². The summed E-state index contributed by atoms with van der Waals surface area (Å²) in [7, 11) is 1.70. The van der Waals surface area contributed by atoms with Crippen LogP contribution in [0.5, 0.6) is 0 Å². The van der Waals surface area contributed by atoms with Gasteiger partial charge in [-0.2, -0.15) is 0 Å². The van der Waals surface area contributed by atoms with Crippen molar-refractivity contribution in [3.63, 3.8) is 0 Å². The van der Waals surface area contributed by atoms with E-state index in [0.717, 1.165) is 23.2 Å². The number of methoxy groups -OCH3 is 1. The highest BCUT2D eigenvalue weighted by Gasteiger charge is 2.25. The number of nitrogens with one attached hydrogen (secondary N) is 1. The Hall–Kier alpha value is -1.36. The van der Waals surface area contributed by atoms with E-state index in [0.29, 0.717) is 0 Å². The van der Waals surface area contributed by atoms with Crippen LogP contribution in [0.25, 0.3) is 11.0 Å². The average molecular weight is 248 g/mol. The molecule has 98 valence electrons. The van der Waals surface area contributed by atoms with Gasteiger partial charge in [0, 0.05) is 12.5 Å². The summed E-state index contributed by atoms with van der Waals surface area (Å²) < 4.78 is 11.2. The van der Waals surface area contributed by atoms with Gasteiger partial charge in [-0.1, -0.05) is 18.2 Å². The van der Waals surface area contributed by atoms with E-state index >= 15 is 0 Å². The number of rotatable bonds is 5. The molecule has 18 heavy (non-hydrogen) atoms. The van der Waals surface area contributed by atoms with Gasteiger partial charge in [-0.15, -0.1) is 0 Å². The quantitative estimate of drug-likeness (QED) is 0.631. The number of fused-ring (bicyclic) bond motifs is 1. The highest BCUT2D eigenvalue weighted by molar-refractivity contribution is 5.77. The molecular weight excluding hydrogens is 228 g/mol. The van der Waals surface area contributed by atoms with Crippen LogP contribution in [0.4, 0.5) is 0 Å². The van der Waals surface area contributed by atoms with Crippen molar-refractivity contribution in [2.24, 2.45) is 5.84 Å². The van der Waals surface area contributed by atoms with Crippen LogP contribution in [0.15, 0.2) is 34.7 Å². The van der Waals surface area contributed by atoms with Crippen LogP contribution in [-0.4, -0.2) is 12.7 Å². The molecule has 0 fully saturated rings. The third kappa shape index (κ3) is 2.72. The van der Waals surface area contributed by atoms with Crippen molar-refractivity contribution in [2.75, 3.05) is 7.11 Å². The Morgan fingerprint density at radius 2 is 2.11 bits per heavy atom. The van der Waals surface area contributed by atoms with Gasteiger partial charge in [0.05, 0.1) is 11.6 Å². The largest absolute Gasteiger partial charge is 0.459 e. The number of ether oxygens (including phenoxy) is 1. The molecule has 0 radical (unpaired) electrons. The highest BCUT2D eigenvalue weighted by atomic mass is 16.5. The van der Waals surface area contributed by atoms with Crippen LogP contribution in [0, 0.1) is 0 Å². The minimum Gasteiger partial charge on any atom is -0.459 e. The van der Waals surface area contributed by atoms with Gasteiger partial charge in [0.2, 0.25) is 0 Å². The molecule has 0 amide bonds. The molecule has 1 aromatic carbocycles. The fraction of sp³-hybridized carbons (Fsp3) is 0.429. The highest BCUT2D eigenvalue weighted by Crippen LogP contribution is 2.29. The lowest BCUT2D eigenvalue weighted by atomic mass is 9.97. The molecule has 3 N–H and O–H groups in total. The van der Waals surface area contributed by atoms with Gasteiger partial charge in [-0.3, -0.25) is 5.84 Å². The molecule has 0 saturated carbocycles. The summed E-state index contributed by atoms with van der Waals surface area (Å²) >= 11 is 0. The van der Waals surface area contributed by atoms with Crippen LogP contribution in [0.1, 0.15) is 32.1 Å². The maximum absolute atomic E-state index is 5.81. The second kappa shape index (κ2) is 5.10. The van der Waals surface area contributed by atoms with E-state index in [2.05, 4.69) is 5.43 Å². The van der Waals surface area contributed by atoms with E-state index in [1.165, 1.54) is 0 Å². The first-order valence-electron chi connectivity index (χ1n) is 6.05. The average Bonchev–Trinajstić information content (AvgIpc) is 2.79. The van der Waals surface area contributed by atoms with Gasteiger partial charge in [0.1, 0.15) is 11.3 Å². The van der Waals surface area contributed by atoms with E-state index in [1.54, 1.807) is 7.11 Å². The first kappa shape index (κ1) is 13.1. The summed E-state index contributed by atoms with van der Waals surface area (Å²) in [4.78, 5) is 0. The zero-order chi connectivity index (χ0) is 13.2. The summed E-state index contributed by atoms with van der Waals surface area (Å²) in [5.41, 5.74) is 3.42. The van der Waals surface area contributed by atoms with Gasteiger partial charge in [-0.05, 0) is 32.4 Å². The Bertz CT molecular complexity index is 486. The minimum absolute atomic E-state index is 0.0626. The van der Waals surface area contributed by atoms with Crippen molar-refractivity contribution in [1.29, 1.82) is 0 Å². The molecule has 0 aliphatic rings. The molecule has 0 aliphatic carbocycles. The molecule has 0 saturated heterocycles. The first-order valence-corrected chi connectivity index (χ1v) is 6.05. The third-order valence-corrected chi connectivity index (χ3v) is 3.24. The van der Waals surface area contributed by atoms with E-state index in [9.17, 15) is 0 Å². The van der Waals surface area contributed by atoms with E-state index in [-0.39, 0.29) is 11.6 Å². The van der Waals surface area contributed by atoms with E-state index < -0.39 is 0 Å². The SMILES string of the molecule is COC(C)(C)CC(NN)c1cc2ccccc2o1. The smallest absolute Gasteiger partial charge is 0.134 e. The second-order valence-electron chi connectivity index (χ2n) is 5.07. The summed E-state index contributed by atoms with van der Waals surface area (Å²) in [5, 5.41) is 1.09. The monoisotopic (exact) mass is 248 g/mol. The maximum Gasteiger partial charge on any atom is 0.134 e. The lowest BCUT2D eigenvalue weighted by Gasteiger charge is -2.27. The van der Waals surface area contributed by atoms with Crippen LogP contribution in [0.3, 0.4) is 0 Å². The Labute approximate surface area is 107 Å². The second-order valence-corrected chi connectivity index (χ2v) is 5.07. The van der Waals surface area contributed by atoms with Crippen molar-refractivity contribution < 1.29 is 9.15 Å². The van der Waals surface area contributed by atoms with E-state index in [1.807, 2.05) is 44.2 Å². The number of furan rings is 1. The fourth-order valence-corrected chi connectivity index (χ4v) is 1.99. The van der Waals surface area contributed by atoms with Crippen LogP contribution in [-0.2, 0) is 4.74 Å². The zero-order valence-corrected chi connectivity index (χ0v) is 11.1. The molecule has 2 aromatic rings. The van der Waals surface area contributed by atoms with Crippen LogP contribution >= 0.6 is 0 Å². The van der Waals surface area contributed by atoms with Crippen molar-refractivity contribution in [3.8, 4) is 0 Å². The number of benzene rings is 1. The topological polar surface area (TPSA) is 60.4 Å². The van der Waals surface area contributed by atoms with Gasteiger partial charge >= 0.3 is 0 Å². The predicted molar refractivity (Wildman–Crippen MR) is 72.0 cm³/mol. The normalized spacial score (nSPS) is 14.0. The summed E-state index contributed by atoms with van der Waals surface area (Å²) in [5.74, 6) is 6.46. The maximum atomic E-state index is 5.81. The molecular formula is C14H20N2O2. The number of hydrazine groups is 1. The lowest BCUT2D eigenvalue weighted by molar-refractivity contribution is 0.00512. The van der Waals surface area contributed by atoms with Crippen molar-refractivity contribution in [3.05, 3.63) is 36.1 Å². The number of hydrogen-bond acceptors (Lipinski definition) is 4. The summed E-state index contributed by atoms with van der Waals surface area (Å²) in [6.07, 6.45) is 0.736. The fourth-order valence-electron chi connectivity index (χ4n) is 1.99. The van der Waals surface area contributed by atoms with Gasteiger partial charge in [0.25, 0.3) is 0 Å². The summed E-state index contributed by atoms with van der Waals surface area (Å²) in [6.45, 7) is 4.06. The molecule has 1 atom stereocenters. The van der Waals surface area contributed by atoms with Crippen molar-refractivity contribution >= 4 is 11.0 Å². The number of hydrogen-bond donors (Lipinski definition) is 2. The molecule has 1 heterocycles. The molecule has 0 bridgehead atoms. The Balaban J connectivity index is 2.27. The Morgan fingerprint density at radius 1 is 1.39 bits per heavy atom. The first-order chi connectivity index (χ1) is 8.55. The van der Waals surface area contributed by atoms with Gasteiger partial charge < -0.3 is 9.15 Å². The molecule has 0 aliphatic heterocycles. The number of nitrogens with two attached hydrogens (primary N) is 1.